The van der Waals surface area contributed by atoms with Gasteiger partial charge in [-0.25, -0.2) is 0 Å². The average molecular weight is 334 g/mol. The summed E-state index contributed by atoms with van der Waals surface area (Å²) in [6.07, 6.45) is 4.83. The van der Waals surface area contributed by atoms with Crippen molar-refractivity contribution in [3.63, 3.8) is 0 Å². The number of carbonyl (C=O) groups excluding carboxylic acids is 2. The van der Waals surface area contributed by atoms with E-state index in [1.165, 1.54) is 6.42 Å². The monoisotopic (exact) mass is 334 g/mol. The van der Waals surface area contributed by atoms with Crippen LogP contribution in [0.4, 0.5) is 0 Å². The van der Waals surface area contributed by atoms with Gasteiger partial charge in [-0.05, 0) is 24.8 Å². The van der Waals surface area contributed by atoms with Gasteiger partial charge in [0, 0.05) is 18.7 Å². The molecule has 2 rings (SSSR count). The first-order valence-electron chi connectivity index (χ1n) is 8.47. The molecule has 1 atom stereocenters. The number of ether oxygens (including phenoxy) is 1. The minimum atomic E-state index is -0.722. The summed E-state index contributed by atoms with van der Waals surface area (Å²) in [7, 11) is 1.56. The lowest BCUT2D eigenvalue weighted by Crippen LogP contribution is -2.44. The van der Waals surface area contributed by atoms with Crippen molar-refractivity contribution in [2.75, 3.05) is 13.7 Å². The molecule has 0 spiro atoms. The van der Waals surface area contributed by atoms with Gasteiger partial charge in [-0.1, -0.05) is 37.5 Å². The van der Waals surface area contributed by atoms with Crippen molar-refractivity contribution in [1.29, 1.82) is 0 Å². The van der Waals surface area contributed by atoms with Gasteiger partial charge in [0.15, 0.2) is 0 Å². The molecule has 1 aromatic rings. The molecule has 132 valence electrons. The third kappa shape index (κ3) is 5.23. The van der Waals surface area contributed by atoms with E-state index in [0.29, 0.717) is 5.75 Å². The number of hydrogen-bond donors (Lipinski definition) is 3. The SMILES string of the molecule is COc1ccccc1CNC(=O)C(=O)NCC(O)C1CCCCC1. The molecule has 24 heavy (non-hydrogen) atoms. The Morgan fingerprint density at radius 3 is 2.54 bits per heavy atom. The molecule has 1 fully saturated rings. The zero-order chi connectivity index (χ0) is 17.4. The summed E-state index contributed by atoms with van der Waals surface area (Å²) in [4.78, 5) is 23.7. The third-order valence-corrected chi connectivity index (χ3v) is 4.50. The number of aliphatic hydroxyl groups is 1. The van der Waals surface area contributed by atoms with Crippen molar-refractivity contribution in [2.24, 2.45) is 5.92 Å². The molecule has 2 amide bonds. The van der Waals surface area contributed by atoms with Crippen molar-refractivity contribution < 1.29 is 19.4 Å². The predicted octanol–water partition coefficient (Wildman–Crippen LogP) is 1.37. The van der Waals surface area contributed by atoms with Crippen LogP contribution in [0.1, 0.15) is 37.7 Å². The van der Waals surface area contributed by atoms with E-state index < -0.39 is 17.9 Å². The summed E-state index contributed by atoms with van der Waals surface area (Å²) in [5, 5.41) is 15.2. The highest BCUT2D eigenvalue weighted by atomic mass is 16.5. The summed E-state index contributed by atoms with van der Waals surface area (Å²) in [5.74, 6) is -0.557. The first kappa shape index (κ1) is 18.3. The van der Waals surface area contributed by atoms with E-state index in [4.69, 9.17) is 4.74 Å². The molecule has 0 saturated heterocycles. The Balaban J connectivity index is 1.74. The normalized spacial score (nSPS) is 16.2. The fourth-order valence-electron chi connectivity index (χ4n) is 3.07. The maximum absolute atomic E-state index is 11.9. The number of amides is 2. The van der Waals surface area contributed by atoms with Gasteiger partial charge in [-0.3, -0.25) is 9.59 Å². The lowest BCUT2D eigenvalue weighted by molar-refractivity contribution is -0.139. The van der Waals surface area contributed by atoms with Crippen molar-refractivity contribution in [2.45, 2.75) is 44.8 Å². The Bertz CT molecular complexity index is 556. The average Bonchev–Trinajstić information content (AvgIpc) is 2.64. The number of hydrogen-bond acceptors (Lipinski definition) is 4. The number of aliphatic hydroxyl groups excluding tert-OH is 1. The molecule has 1 saturated carbocycles. The molecule has 1 aliphatic carbocycles. The number of nitrogens with one attached hydrogen (secondary N) is 2. The summed E-state index contributed by atoms with van der Waals surface area (Å²) in [6.45, 7) is 0.326. The van der Waals surface area contributed by atoms with Gasteiger partial charge in [0.05, 0.1) is 13.2 Å². The van der Waals surface area contributed by atoms with E-state index in [0.717, 1.165) is 31.2 Å². The van der Waals surface area contributed by atoms with Crippen LogP contribution in [-0.2, 0) is 16.1 Å². The van der Waals surface area contributed by atoms with Gasteiger partial charge in [-0.15, -0.1) is 0 Å². The zero-order valence-corrected chi connectivity index (χ0v) is 14.1. The first-order valence-corrected chi connectivity index (χ1v) is 8.47. The first-order chi connectivity index (χ1) is 11.6. The Labute approximate surface area is 142 Å². The molecule has 1 aliphatic rings. The van der Waals surface area contributed by atoms with Gasteiger partial charge in [0.25, 0.3) is 0 Å². The van der Waals surface area contributed by atoms with Gasteiger partial charge in [0.2, 0.25) is 0 Å². The molecule has 0 bridgehead atoms. The van der Waals surface area contributed by atoms with Crippen LogP contribution in [0.2, 0.25) is 0 Å². The fourth-order valence-corrected chi connectivity index (χ4v) is 3.07. The Hall–Kier alpha value is -2.08. The van der Waals surface area contributed by atoms with Crippen molar-refractivity contribution in [3.05, 3.63) is 29.8 Å². The second-order valence-electron chi connectivity index (χ2n) is 6.17. The van der Waals surface area contributed by atoms with E-state index in [-0.39, 0.29) is 19.0 Å². The molecule has 0 aliphatic heterocycles. The maximum atomic E-state index is 11.9. The van der Waals surface area contributed by atoms with E-state index in [1.807, 2.05) is 18.2 Å². The molecular formula is C18H26N2O4. The van der Waals surface area contributed by atoms with Gasteiger partial charge in [0.1, 0.15) is 5.75 Å². The molecule has 6 heteroatoms. The van der Waals surface area contributed by atoms with E-state index in [9.17, 15) is 14.7 Å². The summed E-state index contributed by atoms with van der Waals surface area (Å²) >= 11 is 0. The highest BCUT2D eigenvalue weighted by Gasteiger charge is 2.23. The highest BCUT2D eigenvalue weighted by Crippen LogP contribution is 2.26. The van der Waals surface area contributed by atoms with Gasteiger partial charge < -0.3 is 20.5 Å². The largest absolute Gasteiger partial charge is 0.496 e. The molecule has 1 aromatic carbocycles. The third-order valence-electron chi connectivity index (χ3n) is 4.50. The quantitative estimate of drug-likeness (QED) is 0.686. The molecule has 0 radical (unpaired) electrons. The minimum absolute atomic E-state index is 0.117. The summed E-state index contributed by atoms with van der Waals surface area (Å²) < 4.78 is 5.20. The molecular weight excluding hydrogens is 308 g/mol. The van der Waals surface area contributed by atoms with Crippen LogP contribution in [0, 0.1) is 5.92 Å². The molecule has 0 heterocycles. The molecule has 1 unspecified atom stereocenters. The van der Waals surface area contributed by atoms with Crippen LogP contribution in [0.3, 0.4) is 0 Å². The zero-order valence-electron chi connectivity index (χ0n) is 14.1. The Morgan fingerprint density at radius 1 is 1.17 bits per heavy atom. The summed E-state index contributed by atoms with van der Waals surface area (Å²) in [6, 6.07) is 7.29. The van der Waals surface area contributed by atoms with Crippen LogP contribution in [0.5, 0.6) is 5.75 Å². The molecule has 3 N–H and O–H groups in total. The lowest BCUT2D eigenvalue weighted by atomic mass is 9.85. The van der Waals surface area contributed by atoms with Gasteiger partial charge >= 0.3 is 11.8 Å². The number of rotatable bonds is 6. The van der Waals surface area contributed by atoms with Crippen LogP contribution >= 0.6 is 0 Å². The van der Waals surface area contributed by atoms with Crippen molar-refractivity contribution in [3.8, 4) is 5.75 Å². The van der Waals surface area contributed by atoms with E-state index in [2.05, 4.69) is 10.6 Å². The van der Waals surface area contributed by atoms with E-state index >= 15 is 0 Å². The topological polar surface area (TPSA) is 87.7 Å². The number of carbonyl (C=O) groups is 2. The smallest absolute Gasteiger partial charge is 0.309 e. The predicted molar refractivity (Wildman–Crippen MR) is 90.4 cm³/mol. The van der Waals surface area contributed by atoms with Crippen LogP contribution < -0.4 is 15.4 Å². The summed E-state index contributed by atoms with van der Waals surface area (Å²) in [5.41, 5.74) is 0.795. The second kappa shape index (κ2) is 9.27. The van der Waals surface area contributed by atoms with Crippen molar-refractivity contribution >= 4 is 11.8 Å². The maximum Gasteiger partial charge on any atom is 0.309 e. The van der Waals surface area contributed by atoms with Gasteiger partial charge in [-0.2, -0.15) is 0 Å². The standard InChI is InChI=1S/C18H26N2O4/c1-24-16-10-6-5-9-14(16)11-19-17(22)18(23)20-12-15(21)13-7-3-2-4-8-13/h5-6,9-10,13,15,21H,2-4,7-8,11-12H2,1H3,(H,19,22)(H,20,23). The minimum Gasteiger partial charge on any atom is -0.496 e. The highest BCUT2D eigenvalue weighted by molar-refractivity contribution is 6.35. The number of benzene rings is 1. The molecule has 6 nitrogen and oxygen atoms in total. The molecule has 0 aromatic heterocycles. The van der Waals surface area contributed by atoms with E-state index in [1.54, 1.807) is 13.2 Å². The number of para-hydroxylation sites is 1. The second-order valence-corrected chi connectivity index (χ2v) is 6.17. The Kier molecular flexibility index (Phi) is 7.06. The van der Waals surface area contributed by atoms with Crippen molar-refractivity contribution in [1.82, 2.24) is 10.6 Å². The van der Waals surface area contributed by atoms with Crippen LogP contribution in [-0.4, -0.2) is 36.7 Å². The lowest BCUT2D eigenvalue weighted by Gasteiger charge is -2.26. The number of methoxy groups -OCH3 is 1. The van der Waals surface area contributed by atoms with Crippen LogP contribution in [0.25, 0.3) is 0 Å². The Morgan fingerprint density at radius 2 is 1.83 bits per heavy atom. The van der Waals surface area contributed by atoms with Crippen LogP contribution in [0.15, 0.2) is 24.3 Å². The fraction of sp³-hybridized carbons (Fsp3) is 0.556.